The number of carbonyl (C=O) groups excluding carboxylic acids is 2. The summed E-state index contributed by atoms with van der Waals surface area (Å²) in [6.45, 7) is 1.49. The van der Waals surface area contributed by atoms with E-state index in [1.807, 2.05) is 4.90 Å². The number of nitrogens with one attached hydrogen (secondary N) is 2. The van der Waals surface area contributed by atoms with Gasteiger partial charge in [0.15, 0.2) is 0 Å². The maximum absolute atomic E-state index is 12.5. The van der Waals surface area contributed by atoms with Crippen LogP contribution >= 0.6 is 0 Å². The van der Waals surface area contributed by atoms with E-state index < -0.39 is 12.0 Å². The molecule has 140 valence electrons. The summed E-state index contributed by atoms with van der Waals surface area (Å²) in [6.07, 6.45) is 4.87. The fourth-order valence-corrected chi connectivity index (χ4v) is 4.27. The highest BCUT2D eigenvalue weighted by Crippen LogP contribution is 2.39. The summed E-state index contributed by atoms with van der Waals surface area (Å²) in [7, 11) is 0. The fraction of sp³-hybridized carbons (Fsp3) is 0.526. The van der Waals surface area contributed by atoms with Crippen molar-refractivity contribution in [3.05, 3.63) is 24.3 Å². The average molecular weight is 359 g/mol. The molecule has 3 unspecified atom stereocenters. The Bertz CT molecular complexity index is 706. The van der Waals surface area contributed by atoms with Gasteiger partial charge in [-0.15, -0.1) is 0 Å². The Labute approximate surface area is 152 Å². The second kappa shape index (κ2) is 7.86. The van der Waals surface area contributed by atoms with E-state index in [1.165, 1.54) is 6.92 Å². The van der Waals surface area contributed by atoms with Crippen LogP contribution < -0.4 is 10.6 Å². The van der Waals surface area contributed by atoms with Crippen LogP contribution in [0.1, 0.15) is 39.0 Å². The standard InChI is InChI=1S/C19H25N3O4/c1-12(23)20-14-6-4-7-15(10-14)21-18(24)11-22-16-8-3-2-5-13(16)9-17(22)19(25)26/h4,6-7,10,13,16-17H,2-3,5,8-9,11H2,1H3,(H,20,23)(H,21,24)(H,25,26). The van der Waals surface area contributed by atoms with E-state index >= 15 is 0 Å². The Morgan fingerprint density at radius 2 is 1.85 bits per heavy atom. The second-order valence-corrected chi connectivity index (χ2v) is 7.18. The molecule has 0 radical (unpaired) electrons. The van der Waals surface area contributed by atoms with Gasteiger partial charge < -0.3 is 15.7 Å². The van der Waals surface area contributed by atoms with Crippen molar-refractivity contribution in [1.29, 1.82) is 0 Å². The maximum atomic E-state index is 12.5. The number of likely N-dealkylation sites (tertiary alicyclic amines) is 1. The van der Waals surface area contributed by atoms with Gasteiger partial charge >= 0.3 is 5.97 Å². The van der Waals surface area contributed by atoms with Crippen LogP contribution in [0.3, 0.4) is 0 Å². The number of anilines is 2. The summed E-state index contributed by atoms with van der Waals surface area (Å²) < 4.78 is 0. The van der Waals surface area contributed by atoms with Crippen LogP contribution in [0, 0.1) is 5.92 Å². The lowest BCUT2D eigenvalue weighted by Gasteiger charge is -2.32. The molecule has 0 bridgehead atoms. The minimum Gasteiger partial charge on any atom is -0.480 e. The number of nitrogens with zero attached hydrogens (tertiary/aromatic N) is 1. The molecule has 7 heteroatoms. The molecule has 0 aromatic heterocycles. The number of rotatable bonds is 5. The van der Waals surface area contributed by atoms with Gasteiger partial charge in [-0.3, -0.25) is 19.3 Å². The van der Waals surface area contributed by atoms with E-state index in [0.717, 1.165) is 25.7 Å². The number of carboxylic acid groups (broad SMARTS) is 1. The molecule has 1 saturated carbocycles. The van der Waals surface area contributed by atoms with E-state index in [4.69, 9.17) is 0 Å². The SMILES string of the molecule is CC(=O)Nc1cccc(NC(=O)CN2C(C(=O)O)CC3CCCCC32)c1. The molecule has 1 aromatic carbocycles. The molecule has 1 saturated heterocycles. The zero-order valence-electron chi connectivity index (χ0n) is 14.9. The molecular weight excluding hydrogens is 334 g/mol. The predicted molar refractivity (Wildman–Crippen MR) is 97.9 cm³/mol. The molecule has 1 aromatic rings. The van der Waals surface area contributed by atoms with Crippen LogP contribution in [0.5, 0.6) is 0 Å². The van der Waals surface area contributed by atoms with Gasteiger partial charge in [0, 0.05) is 24.3 Å². The third-order valence-electron chi connectivity index (χ3n) is 5.30. The number of carbonyl (C=O) groups is 3. The Kier molecular flexibility index (Phi) is 5.56. The highest BCUT2D eigenvalue weighted by Gasteiger charge is 2.45. The summed E-state index contributed by atoms with van der Waals surface area (Å²) in [4.78, 5) is 37.2. The van der Waals surface area contributed by atoms with Crippen molar-refractivity contribution in [3.8, 4) is 0 Å². The smallest absolute Gasteiger partial charge is 0.320 e. The fourth-order valence-electron chi connectivity index (χ4n) is 4.27. The van der Waals surface area contributed by atoms with Crippen LogP contribution in [0.25, 0.3) is 0 Å². The molecule has 2 fully saturated rings. The van der Waals surface area contributed by atoms with Crippen molar-refractivity contribution in [2.75, 3.05) is 17.2 Å². The number of hydrogen-bond acceptors (Lipinski definition) is 4. The first-order valence-corrected chi connectivity index (χ1v) is 9.10. The summed E-state index contributed by atoms with van der Waals surface area (Å²) in [5.41, 5.74) is 1.18. The molecule has 1 aliphatic heterocycles. The third kappa shape index (κ3) is 4.22. The number of hydrogen-bond donors (Lipinski definition) is 3. The number of amides is 2. The molecule has 1 aliphatic carbocycles. The van der Waals surface area contributed by atoms with E-state index in [2.05, 4.69) is 10.6 Å². The quantitative estimate of drug-likeness (QED) is 0.749. The summed E-state index contributed by atoms with van der Waals surface area (Å²) in [5, 5.41) is 15.0. The zero-order valence-corrected chi connectivity index (χ0v) is 14.9. The Balaban J connectivity index is 1.66. The van der Waals surface area contributed by atoms with Crippen LogP contribution in [0.2, 0.25) is 0 Å². The molecule has 2 amide bonds. The van der Waals surface area contributed by atoms with Gasteiger partial charge in [-0.1, -0.05) is 18.9 Å². The highest BCUT2D eigenvalue weighted by atomic mass is 16.4. The van der Waals surface area contributed by atoms with Crippen molar-refractivity contribution in [2.24, 2.45) is 5.92 Å². The monoisotopic (exact) mass is 359 g/mol. The van der Waals surface area contributed by atoms with E-state index in [9.17, 15) is 19.5 Å². The lowest BCUT2D eigenvalue weighted by atomic mass is 9.85. The van der Waals surface area contributed by atoms with Crippen molar-refractivity contribution < 1.29 is 19.5 Å². The van der Waals surface area contributed by atoms with E-state index in [0.29, 0.717) is 23.7 Å². The molecule has 3 atom stereocenters. The van der Waals surface area contributed by atoms with Gasteiger partial charge in [0.2, 0.25) is 11.8 Å². The first kappa shape index (κ1) is 18.4. The lowest BCUT2D eigenvalue weighted by molar-refractivity contribution is -0.143. The first-order chi connectivity index (χ1) is 12.4. The number of aliphatic carboxylic acids is 1. The first-order valence-electron chi connectivity index (χ1n) is 9.10. The minimum atomic E-state index is -0.847. The van der Waals surface area contributed by atoms with Gasteiger partial charge in [0.1, 0.15) is 6.04 Å². The van der Waals surface area contributed by atoms with Gasteiger partial charge in [0.05, 0.1) is 6.54 Å². The van der Waals surface area contributed by atoms with Crippen molar-refractivity contribution >= 4 is 29.2 Å². The molecule has 0 spiro atoms. The van der Waals surface area contributed by atoms with Crippen LogP contribution in [0.4, 0.5) is 11.4 Å². The van der Waals surface area contributed by atoms with Gasteiger partial charge in [-0.05, 0) is 43.4 Å². The zero-order chi connectivity index (χ0) is 18.7. The predicted octanol–water partition coefficient (Wildman–Crippen LogP) is 2.30. The molecular formula is C19H25N3O4. The van der Waals surface area contributed by atoms with Crippen LogP contribution in [0.15, 0.2) is 24.3 Å². The lowest BCUT2D eigenvalue weighted by Crippen LogP contribution is -2.46. The second-order valence-electron chi connectivity index (χ2n) is 7.18. The Morgan fingerprint density at radius 3 is 2.54 bits per heavy atom. The van der Waals surface area contributed by atoms with Crippen molar-refractivity contribution in [3.63, 3.8) is 0 Å². The summed E-state index contributed by atoms with van der Waals surface area (Å²) >= 11 is 0. The average Bonchev–Trinajstić information content (AvgIpc) is 2.93. The largest absolute Gasteiger partial charge is 0.480 e. The number of fused-ring (bicyclic) bond motifs is 1. The molecule has 26 heavy (non-hydrogen) atoms. The van der Waals surface area contributed by atoms with Gasteiger partial charge in [0.25, 0.3) is 0 Å². The number of benzene rings is 1. The molecule has 3 rings (SSSR count). The summed E-state index contributed by atoms with van der Waals surface area (Å²) in [6, 6.07) is 6.51. The third-order valence-corrected chi connectivity index (χ3v) is 5.30. The topological polar surface area (TPSA) is 98.7 Å². The molecule has 2 aliphatic rings. The summed E-state index contributed by atoms with van der Waals surface area (Å²) in [5.74, 6) is -0.888. The van der Waals surface area contributed by atoms with E-state index in [-0.39, 0.29) is 24.4 Å². The van der Waals surface area contributed by atoms with Crippen LogP contribution in [-0.2, 0) is 14.4 Å². The Hall–Kier alpha value is -2.41. The number of carboxylic acids is 1. The molecule has 7 nitrogen and oxygen atoms in total. The maximum Gasteiger partial charge on any atom is 0.320 e. The molecule has 1 heterocycles. The van der Waals surface area contributed by atoms with E-state index in [1.54, 1.807) is 24.3 Å². The van der Waals surface area contributed by atoms with Crippen molar-refractivity contribution in [2.45, 2.75) is 51.1 Å². The van der Waals surface area contributed by atoms with Gasteiger partial charge in [-0.2, -0.15) is 0 Å². The minimum absolute atomic E-state index is 0.0719. The van der Waals surface area contributed by atoms with Crippen molar-refractivity contribution in [1.82, 2.24) is 4.90 Å². The highest BCUT2D eigenvalue weighted by molar-refractivity contribution is 5.94. The normalized spacial score (nSPS) is 25.3. The Morgan fingerprint density at radius 1 is 1.15 bits per heavy atom. The molecule has 3 N–H and O–H groups in total. The van der Waals surface area contributed by atoms with Gasteiger partial charge in [-0.25, -0.2) is 0 Å². The van der Waals surface area contributed by atoms with Crippen LogP contribution in [-0.4, -0.2) is 46.4 Å².